The molecule has 1 saturated heterocycles. The molecule has 0 radical (unpaired) electrons. The molecular formula is C21H20Cl2N2O4. The van der Waals surface area contributed by atoms with Gasteiger partial charge in [-0.1, -0.05) is 53.5 Å². The molecule has 3 rings (SSSR count). The maximum absolute atomic E-state index is 12.4. The van der Waals surface area contributed by atoms with Gasteiger partial charge in [-0.25, -0.2) is 0 Å². The molecule has 2 amide bonds. The van der Waals surface area contributed by atoms with E-state index in [4.69, 9.17) is 27.9 Å². The summed E-state index contributed by atoms with van der Waals surface area (Å²) in [6, 6.07) is 14.1. The number of carbonyl (C=O) groups is 3. The Morgan fingerprint density at radius 3 is 2.62 bits per heavy atom. The van der Waals surface area contributed by atoms with Gasteiger partial charge in [0.2, 0.25) is 5.91 Å². The van der Waals surface area contributed by atoms with Crippen LogP contribution in [0.15, 0.2) is 48.5 Å². The first kappa shape index (κ1) is 21.1. The molecule has 2 atom stereocenters. The molecule has 2 aromatic rings. The average molecular weight is 435 g/mol. The van der Waals surface area contributed by atoms with Crippen molar-refractivity contribution in [2.75, 3.05) is 18.5 Å². The molecule has 0 aromatic heterocycles. The first-order chi connectivity index (χ1) is 13.8. The lowest BCUT2D eigenvalue weighted by molar-refractivity contribution is -0.151. The van der Waals surface area contributed by atoms with Crippen LogP contribution in [-0.4, -0.2) is 35.8 Å². The normalized spacial score (nSPS) is 17.1. The van der Waals surface area contributed by atoms with Crippen LogP contribution in [0.2, 0.25) is 10.0 Å². The summed E-state index contributed by atoms with van der Waals surface area (Å²) >= 11 is 11.8. The molecule has 1 fully saturated rings. The van der Waals surface area contributed by atoms with Gasteiger partial charge >= 0.3 is 5.97 Å². The third-order valence-corrected chi connectivity index (χ3v) is 5.34. The highest BCUT2D eigenvalue weighted by atomic mass is 35.5. The van der Waals surface area contributed by atoms with Gasteiger partial charge in [-0.2, -0.15) is 0 Å². The maximum atomic E-state index is 12.4. The van der Waals surface area contributed by atoms with Crippen molar-refractivity contribution in [2.45, 2.75) is 19.4 Å². The van der Waals surface area contributed by atoms with Crippen molar-refractivity contribution in [1.29, 1.82) is 0 Å². The third-order valence-electron chi connectivity index (χ3n) is 4.79. The molecule has 2 aromatic carbocycles. The summed E-state index contributed by atoms with van der Waals surface area (Å²) in [6.07, 6.45) is 0.0701. The molecule has 29 heavy (non-hydrogen) atoms. The SMILES string of the molecule is C[C@@H](c1ccccc1)N1C[C@H](C(=O)OCC(=O)Nc2ccc(Cl)cc2Cl)CC1=O. The Kier molecular flexibility index (Phi) is 6.77. The molecule has 0 spiro atoms. The largest absolute Gasteiger partial charge is 0.455 e. The lowest BCUT2D eigenvalue weighted by Crippen LogP contribution is -2.30. The number of hydrogen-bond acceptors (Lipinski definition) is 4. The van der Waals surface area contributed by atoms with E-state index in [1.807, 2.05) is 37.3 Å². The number of hydrogen-bond donors (Lipinski definition) is 1. The first-order valence-electron chi connectivity index (χ1n) is 9.11. The quantitative estimate of drug-likeness (QED) is 0.694. The van der Waals surface area contributed by atoms with Crippen molar-refractivity contribution in [2.24, 2.45) is 5.92 Å². The van der Waals surface area contributed by atoms with Crippen LogP contribution in [0.5, 0.6) is 0 Å². The number of ether oxygens (including phenoxy) is 1. The molecule has 0 unspecified atom stereocenters. The number of nitrogens with one attached hydrogen (secondary N) is 1. The van der Waals surface area contributed by atoms with Crippen LogP contribution in [0, 0.1) is 5.92 Å². The number of carbonyl (C=O) groups excluding carboxylic acids is 3. The smallest absolute Gasteiger partial charge is 0.311 e. The minimum absolute atomic E-state index is 0.0701. The van der Waals surface area contributed by atoms with E-state index in [2.05, 4.69) is 5.32 Å². The molecule has 6 nitrogen and oxygen atoms in total. The lowest BCUT2D eigenvalue weighted by atomic mass is 10.1. The van der Waals surface area contributed by atoms with Crippen LogP contribution in [0.3, 0.4) is 0 Å². The van der Waals surface area contributed by atoms with Crippen LogP contribution in [-0.2, 0) is 19.1 Å². The summed E-state index contributed by atoms with van der Waals surface area (Å²) in [7, 11) is 0. The second-order valence-electron chi connectivity index (χ2n) is 6.81. The van der Waals surface area contributed by atoms with Crippen molar-refractivity contribution in [3.8, 4) is 0 Å². The number of rotatable bonds is 6. The van der Waals surface area contributed by atoms with Gasteiger partial charge in [0.25, 0.3) is 5.91 Å². The fourth-order valence-electron chi connectivity index (χ4n) is 3.21. The summed E-state index contributed by atoms with van der Waals surface area (Å²) in [5, 5.41) is 3.28. The van der Waals surface area contributed by atoms with Gasteiger partial charge in [0.05, 0.1) is 22.7 Å². The van der Waals surface area contributed by atoms with Crippen LogP contribution in [0.25, 0.3) is 0 Å². The number of esters is 1. The van der Waals surface area contributed by atoms with Crippen LogP contribution >= 0.6 is 23.2 Å². The van der Waals surface area contributed by atoms with Crippen molar-refractivity contribution in [3.05, 3.63) is 64.1 Å². The van der Waals surface area contributed by atoms with E-state index >= 15 is 0 Å². The van der Waals surface area contributed by atoms with E-state index in [0.29, 0.717) is 10.7 Å². The highest BCUT2D eigenvalue weighted by Gasteiger charge is 2.38. The minimum atomic E-state index is -0.597. The Morgan fingerprint density at radius 2 is 1.93 bits per heavy atom. The Balaban J connectivity index is 1.52. The summed E-state index contributed by atoms with van der Waals surface area (Å²) in [5.74, 6) is -1.80. The average Bonchev–Trinajstić information content (AvgIpc) is 3.10. The van der Waals surface area contributed by atoms with Crippen molar-refractivity contribution < 1.29 is 19.1 Å². The summed E-state index contributed by atoms with van der Waals surface area (Å²) in [4.78, 5) is 38.4. The Labute approximate surface area is 178 Å². The fraction of sp³-hybridized carbons (Fsp3) is 0.286. The topological polar surface area (TPSA) is 75.7 Å². The Hall–Kier alpha value is -2.57. The summed E-state index contributed by atoms with van der Waals surface area (Å²) < 4.78 is 5.11. The van der Waals surface area contributed by atoms with Crippen molar-refractivity contribution in [3.63, 3.8) is 0 Å². The summed E-state index contributed by atoms with van der Waals surface area (Å²) in [5.41, 5.74) is 1.37. The number of amides is 2. The van der Waals surface area contributed by atoms with Crippen molar-refractivity contribution >= 4 is 46.7 Å². The third kappa shape index (κ3) is 5.28. The zero-order valence-electron chi connectivity index (χ0n) is 15.7. The van der Waals surface area contributed by atoms with E-state index in [1.54, 1.807) is 17.0 Å². The van der Waals surface area contributed by atoms with Gasteiger partial charge in [-0.05, 0) is 30.7 Å². The molecule has 1 aliphatic rings. The van der Waals surface area contributed by atoms with Gasteiger partial charge in [-0.3, -0.25) is 14.4 Å². The first-order valence-corrected chi connectivity index (χ1v) is 9.86. The number of likely N-dealkylation sites (tertiary alicyclic amines) is 1. The molecule has 0 bridgehead atoms. The van der Waals surface area contributed by atoms with E-state index in [0.717, 1.165) is 5.56 Å². The lowest BCUT2D eigenvalue weighted by Gasteiger charge is -2.25. The molecular weight excluding hydrogens is 415 g/mol. The highest BCUT2D eigenvalue weighted by Crippen LogP contribution is 2.29. The van der Waals surface area contributed by atoms with Gasteiger partial charge in [0, 0.05) is 18.0 Å². The van der Waals surface area contributed by atoms with Crippen LogP contribution < -0.4 is 5.32 Å². The molecule has 1 heterocycles. The summed E-state index contributed by atoms with van der Waals surface area (Å²) in [6.45, 7) is 1.72. The van der Waals surface area contributed by atoms with E-state index in [-0.39, 0.29) is 29.9 Å². The minimum Gasteiger partial charge on any atom is -0.455 e. The predicted molar refractivity (Wildman–Crippen MR) is 111 cm³/mol. The van der Waals surface area contributed by atoms with E-state index < -0.39 is 24.4 Å². The number of benzene rings is 2. The van der Waals surface area contributed by atoms with Gasteiger partial charge < -0.3 is 15.0 Å². The second kappa shape index (κ2) is 9.29. The number of anilines is 1. The van der Waals surface area contributed by atoms with E-state index in [1.165, 1.54) is 6.07 Å². The molecule has 152 valence electrons. The van der Waals surface area contributed by atoms with Gasteiger partial charge in [0.15, 0.2) is 6.61 Å². The Morgan fingerprint density at radius 1 is 1.21 bits per heavy atom. The van der Waals surface area contributed by atoms with E-state index in [9.17, 15) is 14.4 Å². The molecule has 0 saturated carbocycles. The van der Waals surface area contributed by atoms with Crippen LogP contribution in [0.4, 0.5) is 5.69 Å². The maximum Gasteiger partial charge on any atom is 0.311 e. The molecule has 0 aliphatic carbocycles. The standard InChI is InChI=1S/C21H20Cl2N2O4/c1-13(14-5-3-2-4-6-14)25-11-15(9-20(25)27)21(28)29-12-19(26)24-18-8-7-16(22)10-17(18)23/h2-8,10,13,15H,9,11-12H2,1H3,(H,24,26)/t13-,15+/m0/s1. The second-order valence-corrected chi connectivity index (χ2v) is 7.66. The Bertz CT molecular complexity index is 920. The monoisotopic (exact) mass is 434 g/mol. The van der Waals surface area contributed by atoms with Crippen molar-refractivity contribution in [1.82, 2.24) is 4.90 Å². The number of halogens is 2. The van der Waals surface area contributed by atoms with Gasteiger partial charge in [-0.15, -0.1) is 0 Å². The molecule has 8 heteroatoms. The predicted octanol–water partition coefficient (Wildman–Crippen LogP) is 4.08. The fourth-order valence-corrected chi connectivity index (χ4v) is 3.66. The van der Waals surface area contributed by atoms with Gasteiger partial charge in [0.1, 0.15) is 0 Å². The van der Waals surface area contributed by atoms with Crippen LogP contribution in [0.1, 0.15) is 24.9 Å². The number of nitrogens with zero attached hydrogens (tertiary/aromatic N) is 1. The highest BCUT2D eigenvalue weighted by molar-refractivity contribution is 6.36. The molecule has 1 aliphatic heterocycles. The zero-order valence-corrected chi connectivity index (χ0v) is 17.2. The molecule has 1 N–H and O–H groups in total. The zero-order chi connectivity index (χ0) is 21.0.